The van der Waals surface area contributed by atoms with Crippen molar-refractivity contribution in [2.75, 3.05) is 56.2 Å². The van der Waals surface area contributed by atoms with Gasteiger partial charge in [-0.25, -0.2) is 0 Å². The van der Waals surface area contributed by atoms with Crippen LogP contribution in [0.1, 0.15) is 12.0 Å². The summed E-state index contributed by atoms with van der Waals surface area (Å²) in [6, 6.07) is 11.5. The lowest BCUT2D eigenvalue weighted by Crippen LogP contribution is -2.50. The lowest BCUT2D eigenvalue weighted by molar-refractivity contribution is -0.384. The number of piperazine rings is 1. The van der Waals surface area contributed by atoms with E-state index in [4.69, 9.17) is 10.00 Å². The van der Waals surface area contributed by atoms with E-state index < -0.39 is 22.4 Å². The summed E-state index contributed by atoms with van der Waals surface area (Å²) in [4.78, 5) is 28.7. The number of rotatable bonds is 8. The molecular formula is C23H24F3N5O4. The average molecular weight is 491 g/mol. The van der Waals surface area contributed by atoms with Gasteiger partial charge < -0.3 is 14.5 Å². The highest BCUT2D eigenvalue weighted by Crippen LogP contribution is 2.37. The van der Waals surface area contributed by atoms with Crippen LogP contribution < -0.4 is 14.5 Å². The van der Waals surface area contributed by atoms with Crippen molar-refractivity contribution in [3.63, 3.8) is 0 Å². The summed E-state index contributed by atoms with van der Waals surface area (Å²) in [6.07, 6.45) is -4.55. The maximum absolute atomic E-state index is 13.1. The van der Waals surface area contributed by atoms with E-state index in [0.29, 0.717) is 43.7 Å². The molecule has 0 aliphatic carbocycles. The minimum Gasteiger partial charge on any atom is -0.495 e. The third-order valence-corrected chi connectivity index (χ3v) is 5.70. The summed E-state index contributed by atoms with van der Waals surface area (Å²) in [5.41, 5.74) is -1.03. The number of nitro groups is 1. The second-order valence-electron chi connectivity index (χ2n) is 7.85. The van der Waals surface area contributed by atoms with Gasteiger partial charge in [-0.3, -0.25) is 19.8 Å². The summed E-state index contributed by atoms with van der Waals surface area (Å²) in [6.45, 7) is 1.59. The van der Waals surface area contributed by atoms with E-state index in [1.54, 1.807) is 29.2 Å². The molecule has 3 rings (SSSR count). The minimum absolute atomic E-state index is 0.0480. The summed E-state index contributed by atoms with van der Waals surface area (Å²) < 4.78 is 44.3. The molecule has 0 radical (unpaired) electrons. The number of hydrogen-bond acceptors (Lipinski definition) is 7. The van der Waals surface area contributed by atoms with E-state index in [2.05, 4.69) is 0 Å². The number of methoxy groups -OCH3 is 1. The molecule has 0 saturated carbocycles. The molecule has 1 fully saturated rings. The molecule has 0 atom stereocenters. The number of hydrogen-bond donors (Lipinski definition) is 0. The van der Waals surface area contributed by atoms with E-state index in [9.17, 15) is 28.1 Å². The zero-order chi connectivity index (χ0) is 25.6. The summed E-state index contributed by atoms with van der Waals surface area (Å²) in [5, 5.41) is 20.4. The highest BCUT2D eigenvalue weighted by Gasteiger charge is 2.34. The zero-order valence-corrected chi connectivity index (χ0v) is 19.0. The highest BCUT2D eigenvalue weighted by atomic mass is 19.4. The van der Waals surface area contributed by atoms with Crippen LogP contribution in [0, 0.1) is 21.4 Å². The van der Waals surface area contributed by atoms with Crippen molar-refractivity contribution in [2.45, 2.75) is 12.6 Å². The monoisotopic (exact) mass is 491 g/mol. The van der Waals surface area contributed by atoms with Crippen molar-refractivity contribution in [1.29, 1.82) is 5.26 Å². The molecule has 0 N–H and O–H groups in total. The minimum atomic E-state index is -4.68. The third kappa shape index (κ3) is 6.19. The Morgan fingerprint density at radius 2 is 1.89 bits per heavy atom. The van der Waals surface area contributed by atoms with Gasteiger partial charge in [0.1, 0.15) is 11.4 Å². The molecule has 1 aliphatic rings. The lowest BCUT2D eigenvalue weighted by Gasteiger charge is -2.36. The van der Waals surface area contributed by atoms with Crippen LogP contribution in [0.25, 0.3) is 0 Å². The Morgan fingerprint density at radius 3 is 2.49 bits per heavy atom. The maximum atomic E-state index is 13.1. The van der Waals surface area contributed by atoms with Crippen LogP contribution in [0.2, 0.25) is 0 Å². The van der Waals surface area contributed by atoms with Crippen molar-refractivity contribution in [3.05, 3.63) is 58.1 Å². The van der Waals surface area contributed by atoms with Gasteiger partial charge in [-0.15, -0.1) is 0 Å². The summed E-state index contributed by atoms with van der Waals surface area (Å²) >= 11 is 0. The Morgan fingerprint density at radius 1 is 1.20 bits per heavy atom. The smallest absolute Gasteiger partial charge is 0.416 e. The predicted molar refractivity (Wildman–Crippen MR) is 122 cm³/mol. The number of alkyl halides is 3. The van der Waals surface area contributed by atoms with Gasteiger partial charge in [0.2, 0.25) is 5.91 Å². The Bertz CT molecular complexity index is 1110. The number of carbonyl (C=O) groups excluding carboxylic acids is 1. The van der Waals surface area contributed by atoms with Gasteiger partial charge in [0.05, 0.1) is 42.3 Å². The van der Waals surface area contributed by atoms with Crippen molar-refractivity contribution >= 4 is 23.0 Å². The van der Waals surface area contributed by atoms with Crippen LogP contribution in [0.15, 0.2) is 42.5 Å². The fourth-order valence-electron chi connectivity index (χ4n) is 3.93. The second-order valence-corrected chi connectivity index (χ2v) is 7.85. The van der Waals surface area contributed by atoms with Gasteiger partial charge in [-0.05, 0) is 24.3 Å². The molecule has 0 aromatic heterocycles. The number of benzene rings is 2. The topological polar surface area (TPSA) is 103 Å². The molecule has 0 bridgehead atoms. The van der Waals surface area contributed by atoms with E-state index in [1.165, 1.54) is 12.0 Å². The number of halogens is 3. The fourth-order valence-corrected chi connectivity index (χ4v) is 3.93. The number of ether oxygens (including phenoxy) is 1. The van der Waals surface area contributed by atoms with Crippen LogP contribution in [-0.2, 0) is 11.0 Å². The molecular weight excluding hydrogens is 467 g/mol. The van der Waals surface area contributed by atoms with Gasteiger partial charge in [0, 0.05) is 38.8 Å². The zero-order valence-electron chi connectivity index (χ0n) is 19.0. The van der Waals surface area contributed by atoms with Gasteiger partial charge in [0.15, 0.2) is 0 Å². The Balaban J connectivity index is 1.70. The average Bonchev–Trinajstić information content (AvgIpc) is 2.84. The van der Waals surface area contributed by atoms with Crippen LogP contribution in [-0.4, -0.2) is 62.1 Å². The van der Waals surface area contributed by atoms with E-state index in [0.717, 1.165) is 12.1 Å². The van der Waals surface area contributed by atoms with Gasteiger partial charge >= 0.3 is 6.18 Å². The van der Waals surface area contributed by atoms with Crippen LogP contribution in [0.3, 0.4) is 0 Å². The second kappa shape index (κ2) is 11.1. The van der Waals surface area contributed by atoms with Crippen molar-refractivity contribution in [2.24, 2.45) is 0 Å². The van der Waals surface area contributed by atoms with E-state index in [-0.39, 0.29) is 31.1 Å². The molecule has 1 heterocycles. The molecule has 35 heavy (non-hydrogen) atoms. The Labute approximate surface area is 200 Å². The number of para-hydroxylation sites is 2. The van der Waals surface area contributed by atoms with Crippen molar-refractivity contribution in [1.82, 2.24) is 4.90 Å². The number of nitrogens with zero attached hydrogens (tertiary/aromatic N) is 5. The molecule has 186 valence electrons. The first-order valence-corrected chi connectivity index (χ1v) is 10.8. The number of nitriles is 1. The van der Waals surface area contributed by atoms with Crippen LogP contribution >= 0.6 is 0 Å². The molecule has 1 amide bonds. The predicted octanol–water partition coefficient (Wildman–Crippen LogP) is 3.69. The summed E-state index contributed by atoms with van der Waals surface area (Å²) in [7, 11) is 1.49. The molecule has 12 heteroatoms. The molecule has 2 aromatic carbocycles. The first kappa shape index (κ1) is 25.8. The van der Waals surface area contributed by atoms with Crippen LogP contribution in [0.5, 0.6) is 5.75 Å². The lowest BCUT2D eigenvalue weighted by atomic mass is 10.1. The van der Waals surface area contributed by atoms with Crippen molar-refractivity contribution < 1.29 is 27.6 Å². The SMILES string of the molecule is COc1ccccc1N(CCC#N)C(=O)CN1CCN(c2ccc(C(F)(F)F)cc2[N+](=O)[O-])CC1. The standard InChI is InChI=1S/C23H24F3N5O4/c1-35-21-6-3-2-5-19(21)30(10-4-9-27)22(32)16-28-11-13-29(14-12-28)18-8-7-17(23(24,25)26)15-20(18)31(33)34/h2-3,5-8,15H,4,10-14,16H2,1H3. The molecule has 9 nitrogen and oxygen atoms in total. The number of nitro benzene ring substituents is 1. The Kier molecular flexibility index (Phi) is 8.14. The Hall–Kier alpha value is -3.85. The highest BCUT2D eigenvalue weighted by molar-refractivity contribution is 5.96. The van der Waals surface area contributed by atoms with Crippen LogP contribution in [0.4, 0.5) is 30.2 Å². The summed E-state index contributed by atoms with van der Waals surface area (Å²) in [5.74, 6) is 0.261. The van der Waals surface area contributed by atoms with Gasteiger partial charge in [-0.2, -0.15) is 18.4 Å². The quantitative estimate of drug-likeness (QED) is 0.410. The third-order valence-electron chi connectivity index (χ3n) is 5.70. The normalized spacial score (nSPS) is 14.3. The van der Waals surface area contributed by atoms with Crippen molar-refractivity contribution in [3.8, 4) is 11.8 Å². The van der Waals surface area contributed by atoms with E-state index in [1.807, 2.05) is 11.0 Å². The molecule has 0 unspecified atom stereocenters. The largest absolute Gasteiger partial charge is 0.495 e. The van der Waals surface area contributed by atoms with Gasteiger partial charge in [0.25, 0.3) is 5.69 Å². The molecule has 1 aliphatic heterocycles. The number of carbonyl (C=O) groups is 1. The molecule has 1 saturated heterocycles. The maximum Gasteiger partial charge on any atom is 0.416 e. The molecule has 2 aromatic rings. The van der Waals surface area contributed by atoms with Gasteiger partial charge in [-0.1, -0.05) is 12.1 Å². The first-order valence-electron chi connectivity index (χ1n) is 10.8. The number of amides is 1. The molecule has 0 spiro atoms. The van der Waals surface area contributed by atoms with E-state index >= 15 is 0 Å². The number of anilines is 2. The first-order chi connectivity index (χ1) is 16.7. The fraction of sp³-hybridized carbons (Fsp3) is 0.391.